The van der Waals surface area contributed by atoms with Gasteiger partial charge in [0.2, 0.25) is 0 Å². The van der Waals surface area contributed by atoms with Gasteiger partial charge in [-0.1, -0.05) is 18.2 Å². The Kier molecular flexibility index (Phi) is 7.99. The average molecular weight is 226 g/mol. The number of phenols is 1. The van der Waals surface area contributed by atoms with E-state index in [9.17, 15) is 0 Å². The minimum atomic E-state index is -4.64. The Morgan fingerprint density at radius 2 is 1.31 bits per heavy atom. The fourth-order valence-corrected chi connectivity index (χ4v) is 0.428. The van der Waals surface area contributed by atoms with Crippen LogP contribution in [0.3, 0.4) is 0 Å². The quantitative estimate of drug-likeness (QED) is 0.485. The third-order valence-electron chi connectivity index (χ3n) is 0.756. The van der Waals surface area contributed by atoms with E-state index in [0.717, 1.165) is 0 Å². The van der Waals surface area contributed by atoms with Crippen LogP contribution in [0, 0.1) is 0 Å². The van der Waals surface area contributed by atoms with Crippen LogP contribution in [0.5, 0.6) is 5.75 Å². The zero-order valence-electron chi connectivity index (χ0n) is 6.53. The Balaban J connectivity index is 0. The Bertz CT molecular complexity index is 251. The van der Waals surface area contributed by atoms with Gasteiger partial charge in [0.1, 0.15) is 5.75 Å². The standard InChI is InChI=1S/C6H6O.H3O4P.H2S/c7-6-4-2-1-3-5-6;1-5(2,3)4;/h1-5,7H;(H3,1,2,3,4);1H2. The van der Waals surface area contributed by atoms with Gasteiger partial charge >= 0.3 is 7.82 Å². The van der Waals surface area contributed by atoms with Crippen molar-refractivity contribution in [3.8, 4) is 5.75 Å². The molecule has 13 heavy (non-hydrogen) atoms. The Morgan fingerprint density at radius 3 is 1.46 bits per heavy atom. The van der Waals surface area contributed by atoms with Crippen molar-refractivity contribution in [2.45, 2.75) is 0 Å². The molecule has 0 aliphatic rings. The maximum absolute atomic E-state index is 8.88. The summed E-state index contributed by atoms with van der Waals surface area (Å²) >= 11 is 0. The van der Waals surface area contributed by atoms with E-state index in [1.54, 1.807) is 24.3 Å². The maximum Gasteiger partial charge on any atom is 0.466 e. The number of rotatable bonds is 0. The van der Waals surface area contributed by atoms with E-state index in [4.69, 9.17) is 24.4 Å². The summed E-state index contributed by atoms with van der Waals surface area (Å²) in [5.41, 5.74) is 0. The summed E-state index contributed by atoms with van der Waals surface area (Å²) in [5, 5.41) is 8.63. The molecule has 0 atom stereocenters. The molecule has 0 saturated heterocycles. The van der Waals surface area contributed by atoms with E-state index >= 15 is 0 Å². The average Bonchev–Trinajstić information content (AvgIpc) is 1.85. The first-order valence-electron chi connectivity index (χ1n) is 2.92. The van der Waals surface area contributed by atoms with Gasteiger partial charge in [-0.2, -0.15) is 13.5 Å². The van der Waals surface area contributed by atoms with Crippen molar-refractivity contribution in [3.05, 3.63) is 30.3 Å². The van der Waals surface area contributed by atoms with E-state index < -0.39 is 7.82 Å². The zero-order valence-corrected chi connectivity index (χ0v) is 8.43. The van der Waals surface area contributed by atoms with Gasteiger partial charge in [-0.3, -0.25) is 0 Å². The molecule has 1 rings (SSSR count). The summed E-state index contributed by atoms with van der Waals surface area (Å²) in [6.07, 6.45) is 0. The van der Waals surface area contributed by atoms with Crippen LogP contribution in [-0.2, 0) is 4.57 Å². The second-order valence-electron chi connectivity index (χ2n) is 1.85. The molecular formula is C6H11O5PS. The van der Waals surface area contributed by atoms with Crippen LogP contribution in [0.15, 0.2) is 30.3 Å². The van der Waals surface area contributed by atoms with Crippen molar-refractivity contribution in [3.63, 3.8) is 0 Å². The van der Waals surface area contributed by atoms with Crippen LogP contribution in [0.4, 0.5) is 0 Å². The molecule has 76 valence electrons. The summed E-state index contributed by atoms with van der Waals surface area (Å²) in [6, 6.07) is 8.71. The third-order valence-corrected chi connectivity index (χ3v) is 0.756. The molecular weight excluding hydrogens is 215 g/mol. The van der Waals surface area contributed by atoms with E-state index in [1.165, 1.54) is 0 Å². The fourth-order valence-electron chi connectivity index (χ4n) is 0.428. The molecule has 0 spiro atoms. The number of aromatic hydroxyl groups is 1. The number of hydrogen-bond acceptors (Lipinski definition) is 2. The first-order valence-corrected chi connectivity index (χ1v) is 4.48. The number of phosphoric acid groups is 1. The largest absolute Gasteiger partial charge is 0.508 e. The van der Waals surface area contributed by atoms with Crippen molar-refractivity contribution in [2.24, 2.45) is 0 Å². The first kappa shape index (κ1) is 15.0. The summed E-state index contributed by atoms with van der Waals surface area (Å²) in [7, 11) is -4.64. The molecule has 0 aliphatic heterocycles. The predicted octanol–water partition coefficient (Wildman–Crippen LogP) is 0.576. The molecule has 0 fully saturated rings. The topological polar surface area (TPSA) is 98.0 Å². The van der Waals surface area contributed by atoms with Crippen LogP contribution >= 0.6 is 21.3 Å². The molecule has 1 aromatic rings. The Labute approximate surface area is 82.4 Å². The molecule has 0 unspecified atom stereocenters. The highest BCUT2D eigenvalue weighted by Gasteiger charge is 2.00. The molecule has 4 N–H and O–H groups in total. The van der Waals surface area contributed by atoms with Gasteiger partial charge in [0.25, 0.3) is 0 Å². The van der Waals surface area contributed by atoms with Crippen LogP contribution in [0.2, 0.25) is 0 Å². The minimum absolute atomic E-state index is 0. The Morgan fingerprint density at radius 1 is 1.00 bits per heavy atom. The second-order valence-corrected chi connectivity index (χ2v) is 2.88. The van der Waals surface area contributed by atoms with Gasteiger partial charge in [0.05, 0.1) is 0 Å². The summed E-state index contributed by atoms with van der Waals surface area (Å²) in [4.78, 5) is 21.6. The molecule has 0 heterocycles. The van der Waals surface area contributed by atoms with Crippen molar-refractivity contribution in [2.75, 3.05) is 0 Å². The molecule has 0 bridgehead atoms. The lowest BCUT2D eigenvalue weighted by atomic mass is 10.3. The second kappa shape index (κ2) is 6.94. The van der Waals surface area contributed by atoms with Crippen molar-refractivity contribution in [1.29, 1.82) is 0 Å². The summed E-state index contributed by atoms with van der Waals surface area (Å²) in [5.74, 6) is 0.322. The minimum Gasteiger partial charge on any atom is -0.508 e. The van der Waals surface area contributed by atoms with Gasteiger partial charge < -0.3 is 19.8 Å². The normalized spacial score (nSPS) is 9.15. The lowest BCUT2D eigenvalue weighted by molar-refractivity contribution is 0.275. The van der Waals surface area contributed by atoms with Gasteiger partial charge in [-0.25, -0.2) is 4.57 Å². The molecule has 0 aromatic heterocycles. The SMILES string of the molecule is O=P(O)(O)O.Oc1ccccc1.S. The number of phenolic OH excluding ortho intramolecular Hbond substituents is 1. The van der Waals surface area contributed by atoms with Crippen LogP contribution in [0.1, 0.15) is 0 Å². The highest BCUT2D eigenvalue weighted by molar-refractivity contribution is 7.59. The highest BCUT2D eigenvalue weighted by Crippen LogP contribution is 2.25. The first-order chi connectivity index (χ1) is 5.39. The fraction of sp³-hybridized carbons (Fsp3) is 0. The van der Waals surface area contributed by atoms with Crippen LogP contribution in [-0.4, -0.2) is 19.8 Å². The van der Waals surface area contributed by atoms with Crippen LogP contribution in [0.25, 0.3) is 0 Å². The van der Waals surface area contributed by atoms with Gasteiger partial charge in [-0.05, 0) is 12.1 Å². The van der Waals surface area contributed by atoms with Gasteiger partial charge in [-0.15, -0.1) is 0 Å². The van der Waals surface area contributed by atoms with Gasteiger partial charge in [0.15, 0.2) is 0 Å². The molecule has 0 saturated carbocycles. The maximum atomic E-state index is 8.88. The van der Waals surface area contributed by atoms with Crippen molar-refractivity contribution < 1.29 is 24.4 Å². The van der Waals surface area contributed by atoms with E-state index in [2.05, 4.69) is 0 Å². The summed E-state index contributed by atoms with van der Waals surface area (Å²) < 4.78 is 8.88. The molecule has 7 heteroatoms. The van der Waals surface area contributed by atoms with E-state index in [-0.39, 0.29) is 13.5 Å². The Hall–Kier alpha value is -0.520. The molecule has 0 amide bonds. The lowest BCUT2D eigenvalue weighted by Crippen LogP contribution is -1.66. The molecule has 5 nitrogen and oxygen atoms in total. The highest BCUT2D eigenvalue weighted by atomic mass is 32.1. The lowest BCUT2D eigenvalue weighted by Gasteiger charge is -1.82. The molecule has 0 radical (unpaired) electrons. The van der Waals surface area contributed by atoms with Gasteiger partial charge in [0, 0.05) is 0 Å². The molecule has 0 aliphatic carbocycles. The zero-order chi connectivity index (χ0) is 9.61. The van der Waals surface area contributed by atoms with E-state index in [1.807, 2.05) is 6.07 Å². The predicted molar refractivity (Wildman–Crippen MR) is 52.8 cm³/mol. The molecule has 1 aromatic carbocycles. The monoisotopic (exact) mass is 226 g/mol. The number of hydrogen-bond donors (Lipinski definition) is 4. The summed E-state index contributed by atoms with van der Waals surface area (Å²) in [6.45, 7) is 0. The van der Waals surface area contributed by atoms with Crippen molar-refractivity contribution >= 4 is 21.3 Å². The van der Waals surface area contributed by atoms with E-state index in [0.29, 0.717) is 5.75 Å². The smallest absolute Gasteiger partial charge is 0.466 e. The van der Waals surface area contributed by atoms with Crippen LogP contribution < -0.4 is 0 Å². The third kappa shape index (κ3) is 18.4. The number of benzene rings is 1. The number of para-hydroxylation sites is 1. The van der Waals surface area contributed by atoms with Crippen molar-refractivity contribution in [1.82, 2.24) is 0 Å².